The molecule has 1 unspecified atom stereocenters. The Kier molecular flexibility index (Phi) is 7.55. The summed E-state index contributed by atoms with van der Waals surface area (Å²) in [4.78, 5) is 0. The first kappa shape index (κ1) is 19.6. The average molecular weight is 328 g/mol. The van der Waals surface area contributed by atoms with Gasteiger partial charge in [0, 0.05) is 0 Å². The summed E-state index contributed by atoms with van der Waals surface area (Å²) < 4.78 is 10.2. The number of aliphatic hydroxyl groups excluding tert-OH is 8. The number of rotatable bonds is 8. The van der Waals surface area contributed by atoms with E-state index in [4.69, 9.17) is 24.8 Å². The molecule has 10 nitrogen and oxygen atoms in total. The van der Waals surface area contributed by atoms with Crippen LogP contribution in [0, 0.1) is 5.41 Å². The molecular formula is C12H24O10. The lowest BCUT2D eigenvalue weighted by Gasteiger charge is -2.40. The summed E-state index contributed by atoms with van der Waals surface area (Å²) in [6.07, 6.45) is -10.6. The van der Waals surface area contributed by atoms with Gasteiger partial charge < -0.3 is 50.3 Å². The highest BCUT2D eigenvalue weighted by Crippen LogP contribution is 2.26. The van der Waals surface area contributed by atoms with Crippen LogP contribution in [0.4, 0.5) is 0 Å². The van der Waals surface area contributed by atoms with Crippen molar-refractivity contribution in [2.75, 3.05) is 33.0 Å². The first-order valence-corrected chi connectivity index (χ1v) is 6.78. The molecule has 1 saturated heterocycles. The van der Waals surface area contributed by atoms with Gasteiger partial charge >= 0.3 is 0 Å². The van der Waals surface area contributed by atoms with E-state index in [1.807, 2.05) is 0 Å². The van der Waals surface area contributed by atoms with Crippen molar-refractivity contribution in [3.8, 4) is 0 Å². The Morgan fingerprint density at radius 3 is 1.73 bits per heavy atom. The van der Waals surface area contributed by atoms with E-state index in [1.54, 1.807) is 0 Å². The normalized spacial score (nSPS) is 26.2. The summed E-state index contributed by atoms with van der Waals surface area (Å²) in [5.74, 6) is 0. The molecule has 0 spiro atoms. The molecule has 5 atom stereocenters. The van der Waals surface area contributed by atoms with Crippen molar-refractivity contribution < 1.29 is 50.3 Å². The number of aliphatic hydroxyl groups is 8. The van der Waals surface area contributed by atoms with Crippen LogP contribution >= 0.6 is 0 Å². The van der Waals surface area contributed by atoms with Crippen molar-refractivity contribution in [3.05, 3.63) is 0 Å². The van der Waals surface area contributed by atoms with E-state index >= 15 is 0 Å². The fraction of sp³-hybridized carbons (Fsp3) is 1.00. The van der Waals surface area contributed by atoms with Gasteiger partial charge in [0.2, 0.25) is 0 Å². The maximum Gasteiger partial charge on any atom is 0.186 e. The molecule has 1 rings (SSSR count). The second-order valence-electron chi connectivity index (χ2n) is 5.52. The van der Waals surface area contributed by atoms with Gasteiger partial charge in [-0.1, -0.05) is 0 Å². The summed E-state index contributed by atoms with van der Waals surface area (Å²) in [6.45, 7) is -1.94. The lowest BCUT2D eigenvalue weighted by molar-refractivity contribution is -0.291. The van der Waals surface area contributed by atoms with E-state index in [9.17, 15) is 25.5 Å². The molecule has 8 N–H and O–H groups in total. The Hall–Kier alpha value is -0.400. The Morgan fingerprint density at radius 1 is 0.818 bits per heavy atom. The number of ether oxygens (including phenoxy) is 2. The molecule has 0 aromatic heterocycles. The molecule has 1 fully saturated rings. The van der Waals surface area contributed by atoms with Crippen LogP contribution in [-0.2, 0) is 9.47 Å². The monoisotopic (exact) mass is 328 g/mol. The Morgan fingerprint density at radius 2 is 1.32 bits per heavy atom. The molecule has 0 aromatic carbocycles. The third-order valence-electron chi connectivity index (χ3n) is 3.69. The minimum absolute atomic E-state index is 0.146. The van der Waals surface area contributed by atoms with E-state index in [0.29, 0.717) is 0 Å². The van der Waals surface area contributed by atoms with Crippen LogP contribution in [0.3, 0.4) is 0 Å². The lowest BCUT2D eigenvalue weighted by atomic mass is 9.91. The summed E-state index contributed by atoms with van der Waals surface area (Å²) >= 11 is 0. The summed E-state index contributed by atoms with van der Waals surface area (Å²) in [6, 6.07) is 0. The van der Waals surface area contributed by atoms with Crippen LogP contribution < -0.4 is 0 Å². The van der Waals surface area contributed by atoms with Gasteiger partial charge in [0.05, 0.1) is 38.4 Å². The van der Waals surface area contributed by atoms with E-state index < -0.39 is 62.0 Å². The van der Waals surface area contributed by atoms with E-state index in [-0.39, 0.29) is 13.2 Å². The molecule has 0 saturated carbocycles. The molecule has 1 aliphatic heterocycles. The zero-order valence-electron chi connectivity index (χ0n) is 11.9. The molecule has 1 heterocycles. The minimum atomic E-state index is -1.95. The number of hydrogen-bond donors (Lipinski definition) is 8. The first-order chi connectivity index (χ1) is 10.3. The lowest BCUT2D eigenvalue weighted by Crippen LogP contribution is -2.57. The molecule has 0 radical (unpaired) electrons. The van der Waals surface area contributed by atoms with Gasteiger partial charge in [0.15, 0.2) is 6.29 Å². The zero-order chi connectivity index (χ0) is 16.9. The highest BCUT2D eigenvalue weighted by Gasteiger charge is 2.43. The molecule has 10 heteroatoms. The summed E-state index contributed by atoms with van der Waals surface area (Å²) in [7, 11) is 0. The van der Waals surface area contributed by atoms with Crippen LogP contribution in [-0.4, -0.2) is 111 Å². The first-order valence-electron chi connectivity index (χ1n) is 6.78. The van der Waals surface area contributed by atoms with Crippen molar-refractivity contribution in [2.45, 2.75) is 36.8 Å². The van der Waals surface area contributed by atoms with Gasteiger partial charge in [-0.2, -0.15) is 0 Å². The van der Waals surface area contributed by atoms with Crippen LogP contribution in [0.15, 0.2) is 0 Å². The molecule has 132 valence electrons. The van der Waals surface area contributed by atoms with Crippen LogP contribution in [0.1, 0.15) is 0 Å². The highest BCUT2D eigenvalue weighted by molar-refractivity contribution is 4.88. The summed E-state index contributed by atoms with van der Waals surface area (Å²) in [5, 5.41) is 75.0. The topological polar surface area (TPSA) is 180 Å². The fourth-order valence-corrected chi connectivity index (χ4v) is 1.94. The standard InChI is InChI=1S/C12H24O10/c13-1-6(16)7(17)8(18)9(19)10(20)11-21-4-12(2-14,3-15)5-22-11/h6-11,13-20H,1-5H2/t6-,7-,8+,9-,10?/m1/s1. The van der Waals surface area contributed by atoms with Crippen molar-refractivity contribution in [1.82, 2.24) is 0 Å². The van der Waals surface area contributed by atoms with Gasteiger partial charge in [-0.25, -0.2) is 0 Å². The van der Waals surface area contributed by atoms with Gasteiger partial charge in [-0.3, -0.25) is 0 Å². The molecule has 22 heavy (non-hydrogen) atoms. The average Bonchev–Trinajstić information content (AvgIpc) is 2.58. The Labute approximate surface area is 126 Å². The SMILES string of the molecule is OC[C@@H](O)[C@@H](O)[C@H](O)[C@@H](O)C(O)C1OCC(CO)(CO)CO1. The third kappa shape index (κ3) is 4.32. The predicted molar refractivity (Wildman–Crippen MR) is 69.4 cm³/mol. The van der Waals surface area contributed by atoms with Crippen LogP contribution in [0.5, 0.6) is 0 Å². The van der Waals surface area contributed by atoms with Gasteiger partial charge in [-0.05, 0) is 0 Å². The largest absolute Gasteiger partial charge is 0.396 e. The third-order valence-corrected chi connectivity index (χ3v) is 3.69. The zero-order valence-corrected chi connectivity index (χ0v) is 11.9. The van der Waals surface area contributed by atoms with E-state index in [2.05, 4.69) is 0 Å². The van der Waals surface area contributed by atoms with Gasteiger partial charge in [0.25, 0.3) is 0 Å². The molecule has 1 aliphatic rings. The van der Waals surface area contributed by atoms with Gasteiger partial charge in [0.1, 0.15) is 30.5 Å². The van der Waals surface area contributed by atoms with Gasteiger partial charge in [-0.15, -0.1) is 0 Å². The quantitative estimate of drug-likeness (QED) is 0.215. The van der Waals surface area contributed by atoms with Crippen molar-refractivity contribution >= 4 is 0 Å². The Balaban J connectivity index is 2.59. The van der Waals surface area contributed by atoms with Crippen LogP contribution in [0.25, 0.3) is 0 Å². The molecular weight excluding hydrogens is 304 g/mol. The van der Waals surface area contributed by atoms with Crippen molar-refractivity contribution in [3.63, 3.8) is 0 Å². The van der Waals surface area contributed by atoms with Crippen molar-refractivity contribution in [1.29, 1.82) is 0 Å². The summed E-state index contributed by atoms with van der Waals surface area (Å²) in [5.41, 5.74) is -1.02. The second kappa shape index (κ2) is 8.45. The maximum atomic E-state index is 9.89. The number of hydrogen-bond acceptors (Lipinski definition) is 10. The highest BCUT2D eigenvalue weighted by atomic mass is 16.7. The van der Waals surface area contributed by atoms with Crippen molar-refractivity contribution in [2.24, 2.45) is 5.41 Å². The second-order valence-corrected chi connectivity index (χ2v) is 5.52. The molecule has 0 aromatic rings. The van der Waals surface area contributed by atoms with E-state index in [1.165, 1.54) is 0 Å². The molecule has 0 amide bonds. The minimum Gasteiger partial charge on any atom is -0.396 e. The maximum absolute atomic E-state index is 9.89. The smallest absolute Gasteiger partial charge is 0.186 e. The Bertz CT molecular complexity index is 313. The van der Waals surface area contributed by atoms with E-state index in [0.717, 1.165) is 0 Å². The predicted octanol–water partition coefficient (Wildman–Crippen LogP) is -4.87. The molecule has 0 bridgehead atoms. The van der Waals surface area contributed by atoms with Crippen LogP contribution in [0.2, 0.25) is 0 Å². The fourth-order valence-electron chi connectivity index (χ4n) is 1.94. The molecule has 0 aliphatic carbocycles.